The van der Waals surface area contributed by atoms with E-state index in [0.717, 1.165) is 0 Å². The first kappa shape index (κ1) is 22.8. The Bertz CT molecular complexity index is 1040. The normalized spacial score (nSPS) is 15.5. The molecular formula is C20H25FN4O5S. The van der Waals surface area contributed by atoms with Crippen molar-refractivity contribution in [3.8, 4) is 5.75 Å². The molecule has 0 radical (unpaired) electrons. The Kier molecular flexibility index (Phi) is 6.96. The van der Waals surface area contributed by atoms with Crippen LogP contribution in [0.2, 0.25) is 0 Å². The fraction of sp³-hybridized carbons (Fsp3) is 0.400. The van der Waals surface area contributed by atoms with Crippen LogP contribution in [-0.2, 0) is 21.9 Å². The highest BCUT2D eigenvalue weighted by Crippen LogP contribution is 2.25. The van der Waals surface area contributed by atoms with Gasteiger partial charge in [-0.3, -0.25) is 9.59 Å². The number of primary amides is 1. The zero-order valence-corrected chi connectivity index (χ0v) is 17.9. The summed E-state index contributed by atoms with van der Waals surface area (Å²) in [6.45, 7) is 0.927. The van der Waals surface area contributed by atoms with Gasteiger partial charge >= 0.3 is 0 Å². The summed E-state index contributed by atoms with van der Waals surface area (Å²) in [7, 11) is -2.22. The van der Waals surface area contributed by atoms with Crippen molar-refractivity contribution in [2.24, 2.45) is 18.7 Å². The van der Waals surface area contributed by atoms with E-state index in [1.165, 1.54) is 45.4 Å². The van der Waals surface area contributed by atoms with Crippen molar-refractivity contribution < 1.29 is 27.1 Å². The number of aryl methyl sites for hydroxylation is 1. The smallest absolute Gasteiger partial charge is 0.265 e. The molecule has 11 heteroatoms. The number of aromatic nitrogens is 1. The second-order valence-electron chi connectivity index (χ2n) is 7.31. The van der Waals surface area contributed by atoms with E-state index in [9.17, 15) is 22.4 Å². The summed E-state index contributed by atoms with van der Waals surface area (Å²) in [5.41, 5.74) is 5.36. The summed E-state index contributed by atoms with van der Waals surface area (Å²) in [5, 5.41) is 2.78. The van der Waals surface area contributed by atoms with E-state index in [1.807, 2.05) is 0 Å². The van der Waals surface area contributed by atoms with Gasteiger partial charge in [-0.25, -0.2) is 12.8 Å². The van der Waals surface area contributed by atoms with Crippen molar-refractivity contribution in [3.05, 3.63) is 48.0 Å². The number of nitrogens with zero attached hydrogens (tertiary/aromatic N) is 2. The molecule has 3 N–H and O–H groups in total. The Morgan fingerprint density at radius 3 is 2.45 bits per heavy atom. The van der Waals surface area contributed by atoms with Gasteiger partial charge in [0.25, 0.3) is 5.91 Å². The van der Waals surface area contributed by atoms with Crippen molar-refractivity contribution in [2.45, 2.75) is 17.7 Å². The summed E-state index contributed by atoms with van der Waals surface area (Å²) in [6.07, 6.45) is 2.13. The molecule has 2 aromatic rings. The molecule has 1 aromatic heterocycles. The van der Waals surface area contributed by atoms with Gasteiger partial charge in [0.05, 0.1) is 6.54 Å². The highest BCUT2D eigenvalue weighted by atomic mass is 32.2. The molecule has 0 saturated carbocycles. The Balaban J connectivity index is 1.47. The summed E-state index contributed by atoms with van der Waals surface area (Å²) < 4.78 is 46.7. The fourth-order valence-electron chi connectivity index (χ4n) is 3.45. The molecule has 31 heavy (non-hydrogen) atoms. The summed E-state index contributed by atoms with van der Waals surface area (Å²) >= 11 is 0. The van der Waals surface area contributed by atoms with Crippen LogP contribution in [0.1, 0.15) is 23.3 Å². The van der Waals surface area contributed by atoms with Gasteiger partial charge in [-0.15, -0.1) is 0 Å². The standard InChI is InChI=1S/C20H25FN4O5S/c1-24-13-17(12-18(24)19(22)26)31(28,29)25-9-6-14(7-10-25)20(27)23-8-11-30-16-4-2-15(21)3-5-16/h2-5,12-14H,6-11H2,1H3,(H2,22,26)(H,23,27). The topological polar surface area (TPSA) is 124 Å². The van der Waals surface area contributed by atoms with Crippen LogP contribution in [0.15, 0.2) is 41.4 Å². The number of ether oxygens (including phenoxy) is 1. The molecule has 1 fully saturated rings. The van der Waals surface area contributed by atoms with Crippen LogP contribution in [0, 0.1) is 11.7 Å². The quantitative estimate of drug-likeness (QED) is 0.575. The molecule has 168 valence electrons. The molecule has 1 aliphatic rings. The number of nitrogens with two attached hydrogens (primary N) is 1. The SMILES string of the molecule is Cn1cc(S(=O)(=O)N2CCC(C(=O)NCCOc3ccc(F)cc3)CC2)cc1C(N)=O. The van der Waals surface area contributed by atoms with E-state index < -0.39 is 15.9 Å². The average molecular weight is 453 g/mol. The van der Waals surface area contributed by atoms with E-state index >= 15 is 0 Å². The molecule has 0 atom stereocenters. The number of benzene rings is 1. The lowest BCUT2D eigenvalue weighted by Gasteiger charge is -2.30. The molecular weight excluding hydrogens is 427 g/mol. The Labute approximate surface area is 180 Å². The first-order valence-electron chi connectivity index (χ1n) is 9.81. The molecule has 0 spiro atoms. The van der Waals surface area contributed by atoms with Gasteiger partial charge in [0.15, 0.2) is 0 Å². The molecule has 1 aliphatic heterocycles. The van der Waals surface area contributed by atoms with Crippen LogP contribution in [0.4, 0.5) is 4.39 Å². The van der Waals surface area contributed by atoms with Gasteiger partial charge in [0.1, 0.15) is 28.8 Å². The predicted molar refractivity (Wildman–Crippen MR) is 110 cm³/mol. The minimum Gasteiger partial charge on any atom is -0.492 e. The molecule has 9 nitrogen and oxygen atoms in total. The number of nitrogens with one attached hydrogen (secondary N) is 1. The molecule has 2 amide bonds. The van der Waals surface area contributed by atoms with Crippen molar-refractivity contribution in [1.82, 2.24) is 14.2 Å². The molecule has 0 bridgehead atoms. The van der Waals surface area contributed by atoms with E-state index in [1.54, 1.807) is 7.05 Å². The minimum atomic E-state index is -3.77. The van der Waals surface area contributed by atoms with Crippen LogP contribution < -0.4 is 15.8 Å². The summed E-state index contributed by atoms with van der Waals surface area (Å²) in [6, 6.07) is 6.86. The number of sulfonamides is 1. The predicted octanol–water partition coefficient (Wildman–Crippen LogP) is 0.859. The van der Waals surface area contributed by atoms with Crippen molar-refractivity contribution >= 4 is 21.8 Å². The molecule has 2 heterocycles. The third kappa shape index (κ3) is 5.42. The average Bonchev–Trinajstić information content (AvgIpc) is 3.15. The van der Waals surface area contributed by atoms with Gasteiger partial charge in [0.2, 0.25) is 15.9 Å². The third-order valence-electron chi connectivity index (χ3n) is 5.18. The highest BCUT2D eigenvalue weighted by molar-refractivity contribution is 7.89. The molecule has 0 unspecified atom stereocenters. The van der Waals surface area contributed by atoms with Gasteiger partial charge in [-0.2, -0.15) is 4.31 Å². The van der Waals surface area contributed by atoms with E-state index in [-0.39, 0.29) is 54.5 Å². The van der Waals surface area contributed by atoms with Gasteiger partial charge < -0.3 is 20.4 Å². The molecule has 1 saturated heterocycles. The van der Waals surface area contributed by atoms with E-state index in [4.69, 9.17) is 10.5 Å². The zero-order chi connectivity index (χ0) is 22.6. The summed E-state index contributed by atoms with van der Waals surface area (Å²) in [4.78, 5) is 23.8. The number of carbonyl (C=O) groups is 2. The molecule has 0 aliphatic carbocycles. The first-order chi connectivity index (χ1) is 14.7. The van der Waals surface area contributed by atoms with Crippen LogP contribution in [-0.4, -0.2) is 55.3 Å². The largest absolute Gasteiger partial charge is 0.492 e. The lowest BCUT2D eigenvalue weighted by atomic mass is 9.97. The van der Waals surface area contributed by atoms with Crippen LogP contribution in [0.25, 0.3) is 0 Å². The monoisotopic (exact) mass is 452 g/mol. The molecule has 3 rings (SSSR count). The lowest BCUT2D eigenvalue weighted by Crippen LogP contribution is -2.43. The third-order valence-corrected chi connectivity index (χ3v) is 7.04. The van der Waals surface area contributed by atoms with Gasteiger partial charge in [-0.1, -0.05) is 0 Å². The number of amides is 2. The lowest BCUT2D eigenvalue weighted by molar-refractivity contribution is -0.126. The van der Waals surface area contributed by atoms with Gasteiger partial charge in [-0.05, 0) is 43.2 Å². The number of piperidine rings is 1. The number of rotatable bonds is 8. The highest BCUT2D eigenvalue weighted by Gasteiger charge is 2.33. The van der Waals surface area contributed by atoms with Crippen LogP contribution >= 0.6 is 0 Å². The zero-order valence-electron chi connectivity index (χ0n) is 17.1. The second kappa shape index (κ2) is 9.48. The maximum Gasteiger partial charge on any atom is 0.265 e. The number of halogens is 1. The summed E-state index contributed by atoms with van der Waals surface area (Å²) in [5.74, 6) is -1.00. The van der Waals surface area contributed by atoms with Crippen molar-refractivity contribution in [2.75, 3.05) is 26.2 Å². The maximum atomic E-state index is 12.9. The minimum absolute atomic E-state index is 0.00430. The molecule has 1 aromatic carbocycles. The fourth-order valence-corrected chi connectivity index (χ4v) is 4.99. The first-order valence-corrected chi connectivity index (χ1v) is 11.2. The Hall–Kier alpha value is -2.92. The van der Waals surface area contributed by atoms with Crippen molar-refractivity contribution in [1.29, 1.82) is 0 Å². The van der Waals surface area contributed by atoms with E-state index in [0.29, 0.717) is 18.6 Å². The van der Waals surface area contributed by atoms with Crippen molar-refractivity contribution in [3.63, 3.8) is 0 Å². The van der Waals surface area contributed by atoms with Crippen LogP contribution in [0.3, 0.4) is 0 Å². The Morgan fingerprint density at radius 1 is 1.23 bits per heavy atom. The number of carbonyl (C=O) groups excluding carboxylic acids is 2. The van der Waals surface area contributed by atoms with Crippen LogP contribution in [0.5, 0.6) is 5.75 Å². The Morgan fingerprint density at radius 2 is 1.87 bits per heavy atom. The number of hydrogen-bond acceptors (Lipinski definition) is 5. The van der Waals surface area contributed by atoms with E-state index in [2.05, 4.69) is 5.32 Å². The second-order valence-corrected chi connectivity index (χ2v) is 9.25. The maximum absolute atomic E-state index is 12.9. The van der Waals surface area contributed by atoms with Gasteiger partial charge in [0, 0.05) is 32.3 Å². The number of hydrogen-bond donors (Lipinski definition) is 2.